The van der Waals surface area contributed by atoms with Gasteiger partial charge in [-0.1, -0.05) is 164 Å². The highest BCUT2D eigenvalue weighted by atomic mass is 32.1. The Labute approximate surface area is 381 Å². The zero-order valence-corrected chi connectivity index (χ0v) is 36.2. The van der Waals surface area contributed by atoms with Gasteiger partial charge in [-0.3, -0.25) is 0 Å². The van der Waals surface area contributed by atoms with E-state index < -0.39 is 0 Å². The summed E-state index contributed by atoms with van der Waals surface area (Å²) in [7, 11) is 0. The van der Waals surface area contributed by atoms with Gasteiger partial charge in [-0.2, -0.15) is 0 Å². The number of fused-ring (bicyclic) bond motifs is 8. The summed E-state index contributed by atoms with van der Waals surface area (Å²) in [6, 6.07) is 89.3. The number of benzene rings is 11. The van der Waals surface area contributed by atoms with Crippen LogP contribution in [0.1, 0.15) is 0 Å². The van der Waals surface area contributed by atoms with Crippen LogP contribution in [0.5, 0.6) is 0 Å². The zero-order valence-electron chi connectivity index (χ0n) is 35.4. The second-order valence-electron chi connectivity index (χ2n) is 16.9. The molecule has 0 aliphatic heterocycles. The maximum absolute atomic E-state index is 2.48. The molecule has 0 N–H and O–H groups in total. The molecule has 0 atom stereocenters. The van der Waals surface area contributed by atoms with Gasteiger partial charge in [0.15, 0.2) is 0 Å². The SMILES string of the molecule is c1ccc(-n2c3ccccc3c3ccc(N(c4ccc(-c5ccc6ccccc6c5)cc4)c4cccc(-c5ccc6ccccc6c5)c4-c4ccc5sc6ccccc6c5c4)cc32)cc1. The number of aromatic nitrogens is 1. The number of thiophene rings is 1. The number of nitrogens with zero attached hydrogens (tertiary/aromatic N) is 2. The molecule has 2 aromatic heterocycles. The summed E-state index contributed by atoms with van der Waals surface area (Å²) in [4.78, 5) is 2.48. The summed E-state index contributed by atoms with van der Waals surface area (Å²) in [6.07, 6.45) is 0. The predicted octanol–water partition coefficient (Wildman–Crippen LogP) is 17.9. The van der Waals surface area contributed by atoms with Gasteiger partial charge in [0.25, 0.3) is 0 Å². The van der Waals surface area contributed by atoms with Crippen LogP contribution in [0.25, 0.3) is 103 Å². The van der Waals surface area contributed by atoms with Gasteiger partial charge >= 0.3 is 0 Å². The molecule has 13 aromatic rings. The van der Waals surface area contributed by atoms with Crippen LogP contribution in [0.15, 0.2) is 243 Å². The minimum atomic E-state index is 1.08. The number of hydrogen-bond donors (Lipinski definition) is 0. The summed E-state index contributed by atoms with van der Waals surface area (Å²) < 4.78 is 5.01. The van der Waals surface area contributed by atoms with Crippen LogP contribution in [0.4, 0.5) is 17.1 Å². The molecule has 13 rings (SSSR count). The quantitative estimate of drug-likeness (QED) is 0.155. The molecule has 0 amide bonds. The summed E-state index contributed by atoms with van der Waals surface area (Å²) in [5.41, 5.74) is 13.9. The van der Waals surface area contributed by atoms with Gasteiger partial charge in [-0.05, 0) is 128 Å². The van der Waals surface area contributed by atoms with E-state index in [-0.39, 0.29) is 0 Å². The fourth-order valence-corrected chi connectivity index (χ4v) is 11.1. The molecule has 0 unspecified atom stereocenters. The monoisotopic (exact) mass is 844 g/mol. The van der Waals surface area contributed by atoms with E-state index in [1.807, 2.05) is 11.3 Å². The predicted molar refractivity (Wildman–Crippen MR) is 280 cm³/mol. The first-order valence-corrected chi connectivity index (χ1v) is 23.1. The minimum Gasteiger partial charge on any atom is -0.310 e. The molecule has 2 nitrogen and oxygen atoms in total. The van der Waals surface area contributed by atoms with E-state index in [9.17, 15) is 0 Å². The topological polar surface area (TPSA) is 8.17 Å². The van der Waals surface area contributed by atoms with Gasteiger partial charge in [0.1, 0.15) is 0 Å². The highest BCUT2D eigenvalue weighted by Crippen LogP contribution is 2.48. The Morgan fingerprint density at radius 1 is 0.323 bits per heavy atom. The average Bonchev–Trinajstić information content (AvgIpc) is 3.91. The molecular weight excluding hydrogens is 805 g/mol. The summed E-state index contributed by atoms with van der Waals surface area (Å²) in [5.74, 6) is 0. The molecule has 2 heterocycles. The molecule has 304 valence electrons. The molecule has 11 aromatic carbocycles. The first-order valence-electron chi connectivity index (χ1n) is 22.2. The molecule has 0 radical (unpaired) electrons. The van der Waals surface area contributed by atoms with Gasteiger partial charge < -0.3 is 9.47 Å². The maximum Gasteiger partial charge on any atom is 0.0561 e. The van der Waals surface area contributed by atoms with Gasteiger partial charge in [-0.15, -0.1) is 11.3 Å². The molecule has 3 heteroatoms. The highest BCUT2D eigenvalue weighted by Gasteiger charge is 2.23. The molecule has 65 heavy (non-hydrogen) atoms. The third-order valence-corrected chi connectivity index (χ3v) is 14.3. The smallest absolute Gasteiger partial charge is 0.0561 e. The molecule has 0 saturated heterocycles. The van der Waals surface area contributed by atoms with E-state index in [1.165, 1.54) is 91.4 Å². The Bertz CT molecular complexity index is 3950. The van der Waals surface area contributed by atoms with Crippen LogP contribution in [-0.4, -0.2) is 4.57 Å². The van der Waals surface area contributed by atoms with E-state index in [1.54, 1.807) is 0 Å². The van der Waals surface area contributed by atoms with Crippen LogP contribution in [0.3, 0.4) is 0 Å². The lowest BCUT2D eigenvalue weighted by atomic mass is 9.90. The van der Waals surface area contributed by atoms with Crippen molar-refractivity contribution in [1.82, 2.24) is 4.57 Å². The Kier molecular flexibility index (Phi) is 8.75. The van der Waals surface area contributed by atoms with E-state index >= 15 is 0 Å². The molecule has 0 spiro atoms. The van der Waals surface area contributed by atoms with Gasteiger partial charge in [0, 0.05) is 53.6 Å². The Morgan fingerprint density at radius 3 is 1.72 bits per heavy atom. The summed E-state index contributed by atoms with van der Waals surface area (Å²) in [5, 5.41) is 9.97. The second kappa shape index (κ2) is 15.2. The standard InChI is InChI=1S/C62H40N2S/c1-2-17-49(18-3-1)64-57-22-10-8-19-53(57)54-35-34-51(40-59(54)64)63(50-32-29-43(30-33-50)46-27-25-41-13-4-6-15-44(41)37-46)58-23-12-21-52(47-28-26-42-14-5-7-16-45(42)38-47)62(58)48-31-36-61-56(39-48)55-20-9-11-24-60(55)65-61/h1-40H. The molecule has 0 bridgehead atoms. The molecular formula is C62H40N2S. The summed E-state index contributed by atoms with van der Waals surface area (Å²) in [6.45, 7) is 0. The van der Waals surface area contributed by atoms with Crippen molar-refractivity contribution < 1.29 is 0 Å². The minimum absolute atomic E-state index is 1.08. The molecule has 0 aliphatic rings. The summed E-state index contributed by atoms with van der Waals surface area (Å²) >= 11 is 1.86. The highest BCUT2D eigenvalue weighted by molar-refractivity contribution is 7.25. The van der Waals surface area contributed by atoms with Gasteiger partial charge in [0.05, 0.1) is 16.7 Å². The van der Waals surface area contributed by atoms with Gasteiger partial charge in [-0.25, -0.2) is 0 Å². The van der Waals surface area contributed by atoms with Crippen molar-refractivity contribution in [2.45, 2.75) is 0 Å². The van der Waals surface area contributed by atoms with Crippen molar-refractivity contribution in [3.8, 4) is 39.1 Å². The van der Waals surface area contributed by atoms with Crippen molar-refractivity contribution in [2.75, 3.05) is 4.90 Å². The van der Waals surface area contributed by atoms with Gasteiger partial charge in [0.2, 0.25) is 0 Å². The van der Waals surface area contributed by atoms with Crippen molar-refractivity contribution in [2.24, 2.45) is 0 Å². The van der Waals surface area contributed by atoms with E-state index in [2.05, 4.69) is 252 Å². The largest absolute Gasteiger partial charge is 0.310 e. The normalized spacial score (nSPS) is 11.7. The van der Waals surface area contributed by atoms with Crippen molar-refractivity contribution >= 4 is 91.9 Å². The fourth-order valence-electron chi connectivity index (χ4n) is 10.1. The first-order chi connectivity index (χ1) is 32.2. The van der Waals surface area contributed by atoms with Crippen molar-refractivity contribution in [1.29, 1.82) is 0 Å². The first kappa shape index (κ1) is 37.3. The van der Waals surface area contributed by atoms with Crippen LogP contribution >= 0.6 is 11.3 Å². The molecule has 0 fully saturated rings. The Morgan fingerprint density at radius 2 is 0.923 bits per heavy atom. The van der Waals surface area contributed by atoms with E-state index in [0.29, 0.717) is 0 Å². The van der Waals surface area contributed by atoms with Crippen LogP contribution in [-0.2, 0) is 0 Å². The number of hydrogen-bond acceptors (Lipinski definition) is 2. The Hall–Kier alpha value is -8.24. The number of rotatable bonds is 7. The lowest BCUT2D eigenvalue weighted by Crippen LogP contribution is -2.12. The Balaban J connectivity index is 1.08. The van der Waals surface area contributed by atoms with E-state index in [4.69, 9.17) is 0 Å². The number of para-hydroxylation sites is 2. The number of anilines is 3. The van der Waals surface area contributed by atoms with Crippen LogP contribution in [0, 0.1) is 0 Å². The molecule has 0 saturated carbocycles. The van der Waals surface area contributed by atoms with E-state index in [0.717, 1.165) is 28.3 Å². The second-order valence-corrected chi connectivity index (χ2v) is 18.0. The molecule has 0 aliphatic carbocycles. The lowest BCUT2D eigenvalue weighted by Gasteiger charge is -2.30. The average molecular weight is 845 g/mol. The zero-order chi connectivity index (χ0) is 42.8. The lowest BCUT2D eigenvalue weighted by molar-refractivity contribution is 1.18. The van der Waals surface area contributed by atoms with Crippen molar-refractivity contribution in [3.05, 3.63) is 243 Å². The third kappa shape index (κ3) is 6.31. The van der Waals surface area contributed by atoms with Crippen molar-refractivity contribution in [3.63, 3.8) is 0 Å². The third-order valence-electron chi connectivity index (χ3n) is 13.1. The van der Waals surface area contributed by atoms with Crippen LogP contribution in [0.2, 0.25) is 0 Å². The maximum atomic E-state index is 2.48. The fraction of sp³-hybridized carbons (Fsp3) is 0. The van der Waals surface area contributed by atoms with Crippen LogP contribution < -0.4 is 4.90 Å².